The van der Waals surface area contributed by atoms with Gasteiger partial charge in [0.1, 0.15) is 11.8 Å². The molecule has 0 aromatic heterocycles. The van der Waals surface area contributed by atoms with Gasteiger partial charge in [-0.05, 0) is 13.0 Å². The predicted octanol–water partition coefficient (Wildman–Crippen LogP) is -0.358. The maximum Gasteiger partial charge on any atom is 0.223 e. The molecule has 2 unspecified atom stereocenters. The monoisotopic (exact) mass is 184 g/mol. The van der Waals surface area contributed by atoms with Crippen molar-refractivity contribution in [3.8, 4) is 0 Å². The van der Waals surface area contributed by atoms with E-state index < -0.39 is 5.54 Å². The second kappa shape index (κ2) is 3.46. The highest BCUT2D eigenvalue weighted by Gasteiger charge is 2.48. The lowest BCUT2D eigenvalue weighted by atomic mass is 9.87. The fraction of sp³-hybridized carbons (Fsp3) is 0.778. The van der Waals surface area contributed by atoms with Gasteiger partial charge in [-0.25, -0.2) is 0 Å². The molecule has 4 heteroatoms. The van der Waals surface area contributed by atoms with E-state index in [4.69, 9.17) is 0 Å². The van der Waals surface area contributed by atoms with Crippen molar-refractivity contribution < 1.29 is 9.59 Å². The normalized spacial score (nSPS) is 33.9. The fourth-order valence-corrected chi connectivity index (χ4v) is 1.95. The van der Waals surface area contributed by atoms with Crippen LogP contribution in [0.25, 0.3) is 0 Å². The number of nitrogens with zero attached hydrogens (tertiary/aromatic N) is 1. The molecule has 1 aliphatic rings. The topological polar surface area (TPSA) is 49.4 Å². The van der Waals surface area contributed by atoms with Gasteiger partial charge in [0.2, 0.25) is 5.91 Å². The van der Waals surface area contributed by atoms with Crippen molar-refractivity contribution in [2.75, 3.05) is 20.6 Å². The number of carbonyl (C=O) groups excluding carboxylic acids is 2. The Labute approximate surface area is 78.3 Å². The number of nitrogens with one attached hydrogen (secondary N) is 1. The molecule has 1 fully saturated rings. The molecule has 2 atom stereocenters. The third-order valence-corrected chi connectivity index (χ3v) is 3.00. The summed E-state index contributed by atoms with van der Waals surface area (Å²) in [6.07, 6.45) is 1.36. The first-order chi connectivity index (χ1) is 6.08. The molecule has 0 aromatic carbocycles. The Morgan fingerprint density at radius 2 is 2.38 bits per heavy atom. The van der Waals surface area contributed by atoms with Gasteiger partial charge in [-0.3, -0.25) is 4.79 Å². The maximum atomic E-state index is 11.4. The summed E-state index contributed by atoms with van der Waals surface area (Å²) in [6.45, 7) is 2.47. The summed E-state index contributed by atoms with van der Waals surface area (Å²) < 4.78 is 0. The molecule has 13 heavy (non-hydrogen) atoms. The number of rotatable bonds is 3. The molecule has 1 N–H and O–H groups in total. The Morgan fingerprint density at radius 1 is 1.77 bits per heavy atom. The van der Waals surface area contributed by atoms with E-state index in [9.17, 15) is 9.59 Å². The Hall–Kier alpha value is -0.900. The van der Waals surface area contributed by atoms with Crippen LogP contribution in [0.15, 0.2) is 0 Å². The second-order valence-corrected chi connectivity index (χ2v) is 3.70. The molecule has 4 nitrogen and oxygen atoms in total. The minimum absolute atomic E-state index is 0.0508. The predicted molar refractivity (Wildman–Crippen MR) is 49.3 cm³/mol. The number of aldehydes is 1. The zero-order chi connectivity index (χ0) is 10.1. The molecular formula is C9H16N2O2. The zero-order valence-corrected chi connectivity index (χ0v) is 8.33. The summed E-state index contributed by atoms with van der Waals surface area (Å²) in [6, 6.07) is 0. The fourth-order valence-electron chi connectivity index (χ4n) is 1.95. The maximum absolute atomic E-state index is 11.4. The lowest BCUT2D eigenvalue weighted by Gasteiger charge is -2.33. The standard InChI is InChI=1S/C9H16N2O2/c1-7-4-8(13)11(3)9(7,6-12)5-10-2/h6-7,10H,4-5H2,1-3H3. The van der Waals surface area contributed by atoms with Gasteiger partial charge in [-0.1, -0.05) is 6.92 Å². The summed E-state index contributed by atoms with van der Waals surface area (Å²) in [5.41, 5.74) is -0.633. The van der Waals surface area contributed by atoms with Crippen LogP contribution in [-0.2, 0) is 9.59 Å². The molecule has 1 aliphatic heterocycles. The molecule has 74 valence electrons. The van der Waals surface area contributed by atoms with E-state index in [1.54, 1.807) is 19.0 Å². The quantitative estimate of drug-likeness (QED) is 0.609. The number of likely N-dealkylation sites (N-methyl/N-ethyl adjacent to an activating group) is 2. The highest BCUT2D eigenvalue weighted by Crippen LogP contribution is 2.32. The van der Waals surface area contributed by atoms with Crippen molar-refractivity contribution in [3.05, 3.63) is 0 Å². The van der Waals surface area contributed by atoms with Crippen molar-refractivity contribution in [3.63, 3.8) is 0 Å². The average Bonchev–Trinajstić information content (AvgIpc) is 2.31. The number of carbonyl (C=O) groups is 2. The minimum Gasteiger partial charge on any atom is -0.332 e. The van der Waals surface area contributed by atoms with Gasteiger partial charge in [0.15, 0.2) is 0 Å². The summed E-state index contributed by atoms with van der Waals surface area (Å²) >= 11 is 0. The molecule has 0 spiro atoms. The molecule has 1 saturated heterocycles. The molecular weight excluding hydrogens is 168 g/mol. The molecule has 1 amide bonds. The van der Waals surface area contributed by atoms with Crippen LogP contribution in [0.1, 0.15) is 13.3 Å². The first-order valence-electron chi connectivity index (χ1n) is 4.46. The van der Waals surface area contributed by atoms with E-state index in [1.165, 1.54) is 0 Å². The molecule has 0 aliphatic carbocycles. The van der Waals surface area contributed by atoms with Crippen LogP contribution in [-0.4, -0.2) is 43.3 Å². The van der Waals surface area contributed by atoms with Gasteiger partial charge in [0.25, 0.3) is 0 Å². The van der Waals surface area contributed by atoms with Crippen molar-refractivity contribution >= 4 is 12.2 Å². The highest BCUT2D eigenvalue weighted by atomic mass is 16.2. The molecule has 0 radical (unpaired) electrons. The van der Waals surface area contributed by atoms with Gasteiger partial charge >= 0.3 is 0 Å². The Bertz CT molecular complexity index is 230. The summed E-state index contributed by atoms with van der Waals surface area (Å²) in [7, 11) is 3.48. The number of hydrogen-bond donors (Lipinski definition) is 1. The van der Waals surface area contributed by atoms with Crippen LogP contribution >= 0.6 is 0 Å². The third kappa shape index (κ3) is 1.35. The highest BCUT2D eigenvalue weighted by molar-refractivity contribution is 5.86. The van der Waals surface area contributed by atoms with Gasteiger partial charge in [-0.15, -0.1) is 0 Å². The van der Waals surface area contributed by atoms with Gasteiger partial charge in [-0.2, -0.15) is 0 Å². The van der Waals surface area contributed by atoms with Crippen molar-refractivity contribution in [2.45, 2.75) is 18.9 Å². The van der Waals surface area contributed by atoms with E-state index in [1.807, 2.05) is 6.92 Å². The number of likely N-dealkylation sites (tertiary alicyclic amines) is 1. The first kappa shape index (κ1) is 10.2. The summed E-state index contributed by atoms with van der Waals surface area (Å²) in [5, 5.41) is 2.96. The van der Waals surface area contributed by atoms with Crippen LogP contribution in [0, 0.1) is 5.92 Å². The van der Waals surface area contributed by atoms with Crippen LogP contribution in [0.4, 0.5) is 0 Å². The number of hydrogen-bond acceptors (Lipinski definition) is 3. The molecule has 1 heterocycles. The van der Waals surface area contributed by atoms with E-state index in [-0.39, 0.29) is 11.8 Å². The smallest absolute Gasteiger partial charge is 0.223 e. The Kier molecular flexibility index (Phi) is 2.71. The summed E-state index contributed by atoms with van der Waals surface area (Å²) in [4.78, 5) is 24.0. The van der Waals surface area contributed by atoms with Crippen molar-refractivity contribution in [1.82, 2.24) is 10.2 Å². The first-order valence-corrected chi connectivity index (χ1v) is 4.46. The van der Waals surface area contributed by atoms with Gasteiger partial charge in [0.05, 0.1) is 0 Å². The Morgan fingerprint density at radius 3 is 2.69 bits per heavy atom. The van der Waals surface area contributed by atoms with Gasteiger partial charge < -0.3 is 15.0 Å². The van der Waals surface area contributed by atoms with E-state index in [0.717, 1.165) is 6.29 Å². The molecule has 0 aromatic rings. The van der Waals surface area contributed by atoms with Crippen LogP contribution in [0.3, 0.4) is 0 Å². The van der Waals surface area contributed by atoms with Crippen LogP contribution in [0.5, 0.6) is 0 Å². The van der Waals surface area contributed by atoms with E-state index in [2.05, 4.69) is 5.32 Å². The second-order valence-electron chi connectivity index (χ2n) is 3.70. The lowest BCUT2D eigenvalue weighted by molar-refractivity contribution is -0.133. The van der Waals surface area contributed by atoms with Crippen LogP contribution in [0.2, 0.25) is 0 Å². The molecule has 1 rings (SSSR count). The van der Waals surface area contributed by atoms with Crippen molar-refractivity contribution in [2.24, 2.45) is 5.92 Å². The minimum atomic E-state index is -0.633. The average molecular weight is 184 g/mol. The largest absolute Gasteiger partial charge is 0.332 e. The van der Waals surface area contributed by atoms with E-state index in [0.29, 0.717) is 13.0 Å². The number of amides is 1. The van der Waals surface area contributed by atoms with Crippen LogP contribution < -0.4 is 5.32 Å². The van der Waals surface area contributed by atoms with Crippen molar-refractivity contribution in [1.29, 1.82) is 0 Å². The SMILES string of the molecule is CNCC1(C=O)C(C)CC(=O)N1C. The Balaban J connectivity index is 2.95. The lowest BCUT2D eigenvalue weighted by Crippen LogP contribution is -2.54. The zero-order valence-electron chi connectivity index (χ0n) is 8.33. The molecule has 0 saturated carbocycles. The third-order valence-electron chi connectivity index (χ3n) is 3.00. The van der Waals surface area contributed by atoms with E-state index >= 15 is 0 Å². The summed E-state index contributed by atoms with van der Waals surface area (Å²) in [5.74, 6) is 0.143. The molecule has 0 bridgehead atoms. The van der Waals surface area contributed by atoms with Gasteiger partial charge in [0, 0.05) is 20.0 Å².